The molecule has 22 heavy (non-hydrogen) atoms. The molecule has 1 fully saturated rings. The molecule has 1 aliphatic heterocycles. The van der Waals surface area contributed by atoms with Crippen molar-refractivity contribution in [2.75, 3.05) is 13.2 Å². The fourth-order valence-electron chi connectivity index (χ4n) is 1.69. The second kappa shape index (κ2) is 8.92. The molecule has 0 bridgehead atoms. The largest absolute Gasteiger partial charge is 0.480 e. The van der Waals surface area contributed by atoms with Gasteiger partial charge in [-0.25, -0.2) is 4.79 Å². The summed E-state index contributed by atoms with van der Waals surface area (Å²) in [5.41, 5.74) is 0. The molecule has 6 atom stereocenters. The quantitative estimate of drug-likeness (QED) is 0.210. The Labute approximate surface area is 124 Å². The molecule has 0 aromatic heterocycles. The van der Waals surface area contributed by atoms with E-state index in [1.807, 2.05) is 5.32 Å². The van der Waals surface area contributed by atoms with Crippen molar-refractivity contribution >= 4 is 11.9 Å². The van der Waals surface area contributed by atoms with Gasteiger partial charge in [0.2, 0.25) is 6.23 Å². The number of ether oxygens (including phenoxy) is 2. The number of hydrogen-bond donors (Lipinski definition) is 8. The van der Waals surface area contributed by atoms with Gasteiger partial charge >= 0.3 is 11.9 Å². The van der Waals surface area contributed by atoms with E-state index in [1.54, 1.807) is 0 Å². The van der Waals surface area contributed by atoms with Crippen LogP contribution in [0.15, 0.2) is 0 Å². The molecule has 12 heteroatoms. The monoisotopic (exact) mass is 328 g/mol. The molecule has 12 nitrogen and oxygen atoms in total. The standard InChI is InChI=1S/C10H17NO10.H3N/c12-2-3-5(15)6(16)7(17)10(20-3)21-8(9(18)19)11-1-4(13)14;/h3,5-8,10-12,15-17H,1-2H2,(H,13,14)(H,18,19);1H3/t3-,5+,6+,7-,8?,10-;/m1./s1. The van der Waals surface area contributed by atoms with Crippen LogP contribution in [0, 0.1) is 0 Å². The van der Waals surface area contributed by atoms with Crippen LogP contribution in [-0.4, -0.2) is 92.7 Å². The van der Waals surface area contributed by atoms with Crippen LogP contribution >= 0.6 is 0 Å². The van der Waals surface area contributed by atoms with Crippen molar-refractivity contribution in [3.05, 3.63) is 0 Å². The summed E-state index contributed by atoms with van der Waals surface area (Å²) in [4.78, 5) is 21.3. The third-order valence-corrected chi connectivity index (χ3v) is 2.78. The van der Waals surface area contributed by atoms with Crippen molar-refractivity contribution in [3.63, 3.8) is 0 Å². The van der Waals surface area contributed by atoms with Gasteiger partial charge in [0, 0.05) is 0 Å². The van der Waals surface area contributed by atoms with E-state index in [0.717, 1.165) is 0 Å². The van der Waals surface area contributed by atoms with Crippen LogP contribution < -0.4 is 11.5 Å². The highest BCUT2D eigenvalue weighted by atomic mass is 16.7. The number of nitrogens with one attached hydrogen (secondary N) is 1. The van der Waals surface area contributed by atoms with E-state index in [-0.39, 0.29) is 6.15 Å². The van der Waals surface area contributed by atoms with E-state index in [1.165, 1.54) is 0 Å². The maximum absolute atomic E-state index is 10.9. The van der Waals surface area contributed by atoms with E-state index in [0.29, 0.717) is 0 Å². The van der Waals surface area contributed by atoms with E-state index < -0.39 is 62.0 Å². The molecule has 10 N–H and O–H groups in total. The lowest BCUT2D eigenvalue weighted by atomic mass is 9.99. The number of aliphatic hydroxyl groups excluding tert-OH is 4. The summed E-state index contributed by atoms with van der Waals surface area (Å²) in [6, 6.07) is 0. The average molecular weight is 328 g/mol. The summed E-state index contributed by atoms with van der Waals surface area (Å²) in [6.45, 7) is -1.43. The van der Waals surface area contributed by atoms with Gasteiger partial charge in [0.05, 0.1) is 13.2 Å². The lowest BCUT2D eigenvalue weighted by molar-refractivity contribution is -0.312. The molecule has 0 amide bonds. The Balaban J connectivity index is 0.00000441. The third-order valence-electron chi connectivity index (χ3n) is 2.78. The van der Waals surface area contributed by atoms with Gasteiger partial charge in [0.25, 0.3) is 0 Å². The molecule has 0 aliphatic carbocycles. The van der Waals surface area contributed by atoms with Gasteiger partial charge in [-0.2, -0.15) is 0 Å². The minimum Gasteiger partial charge on any atom is -0.480 e. The molecule has 1 rings (SSSR count). The number of carboxylic acid groups (broad SMARTS) is 2. The lowest BCUT2D eigenvalue weighted by Crippen LogP contribution is -2.61. The highest BCUT2D eigenvalue weighted by Gasteiger charge is 2.45. The van der Waals surface area contributed by atoms with Gasteiger partial charge in [-0.1, -0.05) is 0 Å². The zero-order chi connectivity index (χ0) is 16.2. The molecular formula is C10H20N2O10. The molecule has 130 valence electrons. The molecule has 0 aromatic carbocycles. The van der Waals surface area contributed by atoms with E-state index >= 15 is 0 Å². The highest BCUT2D eigenvalue weighted by molar-refractivity contribution is 5.74. The Morgan fingerprint density at radius 1 is 1.14 bits per heavy atom. The summed E-state index contributed by atoms with van der Waals surface area (Å²) < 4.78 is 9.77. The molecule has 0 saturated carbocycles. The zero-order valence-electron chi connectivity index (χ0n) is 11.4. The van der Waals surface area contributed by atoms with Crippen molar-refractivity contribution in [1.82, 2.24) is 11.5 Å². The Hall–Kier alpha value is -1.38. The topological polar surface area (TPSA) is 221 Å². The number of aliphatic hydroxyl groups is 4. The number of aliphatic carboxylic acids is 2. The number of rotatable bonds is 7. The SMILES string of the molecule is N.O=C(O)CNC(O[C@H]1O[C@H](CO)[C@H](O)[C@H](O)[C@H]1O)C(=O)O. The van der Waals surface area contributed by atoms with Crippen LogP contribution in [0.5, 0.6) is 0 Å². The zero-order valence-corrected chi connectivity index (χ0v) is 11.4. The fourth-order valence-corrected chi connectivity index (χ4v) is 1.69. The first-order valence-electron chi connectivity index (χ1n) is 5.92. The van der Waals surface area contributed by atoms with Crippen molar-refractivity contribution in [3.8, 4) is 0 Å². The van der Waals surface area contributed by atoms with Gasteiger partial charge in [-0.05, 0) is 0 Å². The van der Waals surface area contributed by atoms with E-state index in [2.05, 4.69) is 0 Å². The predicted octanol–water partition coefficient (Wildman–Crippen LogP) is -3.95. The van der Waals surface area contributed by atoms with Gasteiger partial charge < -0.3 is 46.3 Å². The minimum atomic E-state index is -1.83. The van der Waals surface area contributed by atoms with E-state index in [4.69, 9.17) is 24.8 Å². The van der Waals surface area contributed by atoms with Crippen LogP contribution in [0.2, 0.25) is 0 Å². The Morgan fingerprint density at radius 3 is 2.18 bits per heavy atom. The molecule has 0 spiro atoms. The van der Waals surface area contributed by atoms with Gasteiger partial charge in [0.15, 0.2) is 6.29 Å². The number of carbonyl (C=O) groups is 2. The summed E-state index contributed by atoms with van der Waals surface area (Å²) in [5.74, 6) is -2.91. The van der Waals surface area contributed by atoms with E-state index in [9.17, 15) is 24.9 Å². The Kier molecular flexibility index (Phi) is 8.36. The van der Waals surface area contributed by atoms with Crippen molar-refractivity contribution < 1.29 is 49.7 Å². The van der Waals surface area contributed by atoms with Crippen molar-refractivity contribution in [2.24, 2.45) is 0 Å². The van der Waals surface area contributed by atoms with Gasteiger partial charge in [-0.15, -0.1) is 0 Å². The maximum Gasteiger partial charge on any atom is 0.348 e. The van der Waals surface area contributed by atoms with Crippen LogP contribution in [-0.2, 0) is 19.1 Å². The molecule has 0 radical (unpaired) electrons. The molecule has 1 unspecified atom stereocenters. The van der Waals surface area contributed by atoms with Crippen molar-refractivity contribution in [2.45, 2.75) is 36.9 Å². The predicted molar refractivity (Wildman–Crippen MR) is 66.9 cm³/mol. The van der Waals surface area contributed by atoms with Crippen molar-refractivity contribution in [1.29, 1.82) is 0 Å². The number of hydrogen-bond acceptors (Lipinski definition) is 10. The second-order valence-corrected chi connectivity index (χ2v) is 4.33. The molecule has 1 aliphatic rings. The smallest absolute Gasteiger partial charge is 0.348 e. The molecule has 0 aromatic rings. The van der Waals surface area contributed by atoms with Crippen LogP contribution in [0.1, 0.15) is 0 Å². The molecule has 1 heterocycles. The summed E-state index contributed by atoms with van der Waals surface area (Å²) in [6.07, 6.45) is -9.89. The van der Waals surface area contributed by atoms with Crippen LogP contribution in [0.3, 0.4) is 0 Å². The maximum atomic E-state index is 10.9. The third kappa shape index (κ3) is 5.11. The Bertz CT molecular complexity index is 379. The molecular weight excluding hydrogens is 308 g/mol. The summed E-state index contributed by atoms with van der Waals surface area (Å²) in [5, 5.41) is 57.0. The van der Waals surface area contributed by atoms with Crippen LogP contribution in [0.25, 0.3) is 0 Å². The minimum absolute atomic E-state index is 0. The average Bonchev–Trinajstić information content (AvgIpc) is 2.42. The highest BCUT2D eigenvalue weighted by Crippen LogP contribution is 2.22. The summed E-state index contributed by atoms with van der Waals surface area (Å²) in [7, 11) is 0. The fraction of sp³-hybridized carbons (Fsp3) is 0.800. The lowest BCUT2D eigenvalue weighted by Gasteiger charge is -2.40. The first-order chi connectivity index (χ1) is 9.77. The van der Waals surface area contributed by atoms with Gasteiger partial charge in [-0.3, -0.25) is 10.1 Å². The normalized spacial score (nSPS) is 32.8. The molecule has 1 saturated heterocycles. The first-order valence-corrected chi connectivity index (χ1v) is 5.92. The summed E-state index contributed by atoms with van der Waals surface area (Å²) >= 11 is 0. The Morgan fingerprint density at radius 2 is 1.73 bits per heavy atom. The van der Waals surface area contributed by atoms with Gasteiger partial charge in [0.1, 0.15) is 24.4 Å². The number of carboxylic acids is 2. The second-order valence-electron chi connectivity index (χ2n) is 4.33. The van der Waals surface area contributed by atoms with Crippen LogP contribution in [0.4, 0.5) is 0 Å². The first kappa shape index (κ1) is 20.6.